The van der Waals surface area contributed by atoms with E-state index in [0.717, 1.165) is 44.1 Å². The molecule has 1 aromatic carbocycles. The van der Waals surface area contributed by atoms with Gasteiger partial charge >= 0.3 is 5.97 Å². The highest BCUT2D eigenvalue weighted by molar-refractivity contribution is 5.89. The van der Waals surface area contributed by atoms with Crippen molar-refractivity contribution in [2.45, 2.75) is 56.8 Å². The van der Waals surface area contributed by atoms with E-state index in [1.54, 1.807) is 0 Å². The minimum absolute atomic E-state index is 0.00106. The second-order valence-electron chi connectivity index (χ2n) is 7.13. The molecule has 2 saturated carbocycles. The first kappa shape index (κ1) is 16.0. The molecule has 0 radical (unpaired) electrons. The van der Waals surface area contributed by atoms with Gasteiger partial charge in [-0.3, -0.25) is 9.59 Å². The van der Waals surface area contributed by atoms with Gasteiger partial charge in [0.15, 0.2) is 0 Å². The van der Waals surface area contributed by atoms with Crippen molar-refractivity contribution in [2.24, 2.45) is 5.41 Å². The van der Waals surface area contributed by atoms with Crippen LogP contribution in [0, 0.1) is 5.41 Å². The van der Waals surface area contributed by atoms with Gasteiger partial charge in [-0.2, -0.15) is 0 Å². The minimum Gasteiger partial charge on any atom is -0.481 e. The van der Waals surface area contributed by atoms with Crippen LogP contribution < -0.4 is 5.32 Å². The molecule has 4 nitrogen and oxygen atoms in total. The third-order valence-corrected chi connectivity index (χ3v) is 5.82. The van der Waals surface area contributed by atoms with Gasteiger partial charge in [0.25, 0.3) is 0 Å². The maximum atomic E-state index is 12.9. The largest absolute Gasteiger partial charge is 0.481 e. The number of carbonyl (C=O) groups excluding carboxylic acids is 1. The van der Waals surface area contributed by atoms with Crippen LogP contribution in [-0.4, -0.2) is 23.5 Å². The second-order valence-corrected chi connectivity index (χ2v) is 7.13. The standard InChI is InChI=1S/C19H25NO3/c21-16(19(12-7-13-19)15-8-3-1-4-9-15)20-14-18(17(22)23)10-5-2-6-11-18/h1,3-4,8-9H,2,5-7,10-14H2,(H,20,21)(H,22,23). The van der Waals surface area contributed by atoms with Crippen molar-refractivity contribution in [3.63, 3.8) is 0 Å². The highest BCUT2D eigenvalue weighted by atomic mass is 16.4. The number of hydrogen-bond donors (Lipinski definition) is 2. The van der Waals surface area contributed by atoms with Crippen LogP contribution in [0.15, 0.2) is 30.3 Å². The molecule has 0 atom stereocenters. The lowest BCUT2D eigenvalue weighted by Gasteiger charge is -2.42. The summed E-state index contributed by atoms with van der Waals surface area (Å²) in [6.45, 7) is 0.260. The summed E-state index contributed by atoms with van der Waals surface area (Å²) in [4.78, 5) is 24.6. The molecule has 0 unspecified atom stereocenters. The van der Waals surface area contributed by atoms with Crippen molar-refractivity contribution in [3.05, 3.63) is 35.9 Å². The predicted molar refractivity (Wildman–Crippen MR) is 88.1 cm³/mol. The number of carboxylic acids is 1. The topological polar surface area (TPSA) is 66.4 Å². The predicted octanol–water partition coefficient (Wildman–Crippen LogP) is 3.26. The fourth-order valence-corrected chi connectivity index (χ4v) is 4.05. The van der Waals surface area contributed by atoms with Crippen LogP contribution in [0.3, 0.4) is 0 Å². The molecule has 2 aliphatic carbocycles. The quantitative estimate of drug-likeness (QED) is 0.876. The van der Waals surface area contributed by atoms with Crippen molar-refractivity contribution >= 4 is 11.9 Å². The Balaban J connectivity index is 1.72. The molecule has 0 bridgehead atoms. The molecule has 4 heteroatoms. The van der Waals surface area contributed by atoms with Crippen LogP contribution in [0.2, 0.25) is 0 Å². The molecular weight excluding hydrogens is 290 g/mol. The summed E-state index contributed by atoms with van der Waals surface area (Å²) in [6.07, 6.45) is 7.05. The first-order valence-electron chi connectivity index (χ1n) is 8.66. The number of carboxylic acid groups (broad SMARTS) is 1. The van der Waals surface area contributed by atoms with Gasteiger partial charge in [-0.1, -0.05) is 56.0 Å². The number of rotatable bonds is 5. The molecule has 0 saturated heterocycles. The third-order valence-electron chi connectivity index (χ3n) is 5.82. The molecule has 0 heterocycles. The van der Waals surface area contributed by atoms with Crippen LogP contribution >= 0.6 is 0 Å². The number of carbonyl (C=O) groups is 2. The van der Waals surface area contributed by atoms with E-state index < -0.39 is 16.8 Å². The summed E-state index contributed by atoms with van der Waals surface area (Å²) in [5.41, 5.74) is -0.165. The van der Waals surface area contributed by atoms with Crippen molar-refractivity contribution in [3.8, 4) is 0 Å². The Labute approximate surface area is 137 Å². The number of hydrogen-bond acceptors (Lipinski definition) is 2. The van der Waals surface area contributed by atoms with E-state index in [1.165, 1.54) is 0 Å². The normalized spacial score (nSPS) is 21.9. The van der Waals surface area contributed by atoms with Gasteiger partial charge in [-0.15, -0.1) is 0 Å². The van der Waals surface area contributed by atoms with E-state index in [0.29, 0.717) is 12.8 Å². The molecule has 0 aliphatic heterocycles. The fraction of sp³-hybridized carbons (Fsp3) is 0.579. The van der Waals surface area contributed by atoms with Gasteiger partial charge in [-0.05, 0) is 31.2 Å². The second kappa shape index (κ2) is 6.34. The smallest absolute Gasteiger partial charge is 0.311 e. The van der Waals surface area contributed by atoms with Crippen molar-refractivity contribution in [1.82, 2.24) is 5.32 Å². The van der Waals surface area contributed by atoms with Crippen LogP contribution in [0.25, 0.3) is 0 Å². The molecule has 1 aromatic rings. The van der Waals surface area contributed by atoms with E-state index in [9.17, 15) is 14.7 Å². The Hall–Kier alpha value is -1.84. The third kappa shape index (κ3) is 2.87. The van der Waals surface area contributed by atoms with E-state index in [4.69, 9.17) is 0 Å². The van der Waals surface area contributed by atoms with E-state index in [1.807, 2.05) is 30.3 Å². The summed E-state index contributed by atoms with van der Waals surface area (Å²) in [5.74, 6) is -0.763. The fourth-order valence-electron chi connectivity index (χ4n) is 4.05. The minimum atomic E-state index is -0.768. The Morgan fingerprint density at radius 2 is 1.61 bits per heavy atom. The summed E-state index contributed by atoms with van der Waals surface area (Å²) in [5, 5.41) is 12.6. The molecule has 0 spiro atoms. The Bertz CT molecular complexity index is 572. The Morgan fingerprint density at radius 3 is 2.13 bits per heavy atom. The summed E-state index contributed by atoms with van der Waals surface area (Å²) in [7, 11) is 0. The lowest BCUT2D eigenvalue weighted by atomic mass is 9.63. The molecule has 1 amide bonds. The van der Waals surface area contributed by atoms with Gasteiger partial charge in [0.2, 0.25) is 5.91 Å². The first-order chi connectivity index (χ1) is 11.1. The monoisotopic (exact) mass is 315 g/mol. The SMILES string of the molecule is O=C(O)C1(CNC(=O)C2(c3ccccc3)CCC2)CCCCC1. The van der Waals surface area contributed by atoms with Gasteiger partial charge in [0.1, 0.15) is 0 Å². The molecule has 0 aromatic heterocycles. The summed E-state index contributed by atoms with van der Waals surface area (Å²) in [6, 6.07) is 9.89. The molecule has 2 fully saturated rings. The van der Waals surface area contributed by atoms with Gasteiger partial charge in [0, 0.05) is 6.54 Å². The van der Waals surface area contributed by atoms with E-state index in [2.05, 4.69) is 5.32 Å². The highest BCUT2D eigenvalue weighted by Gasteiger charge is 2.47. The number of amides is 1. The van der Waals surface area contributed by atoms with Crippen LogP contribution in [0.4, 0.5) is 0 Å². The van der Waals surface area contributed by atoms with Crippen molar-refractivity contribution in [1.29, 1.82) is 0 Å². The van der Waals surface area contributed by atoms with Gasteiger partial charge < -0.3 is 10.4 Å². The summed E-state index contributed by atoms with van der Waals surface area (Å²) < 4.78 is 0. The van der Waals surface area contributed by atoms with E-state index in [-0.39, 0.29) is 12.5 Å². The Morgan fingerprint density at radius 1 is 0.957 bits per heavy atom. The maximum absolute atomic E-state index is 12.9. The number of benzene rings is 1. The molecule has 23 heavy (non-hydrogen) atoms. The molecule has 2 aliphatic rings. The highest BCUT2D eigenvalue weighted by Crippen LogP contribution is 2.44. The molecular formula is C19H25NO3. The lowest BCUT2D eigenvalue weighted by molar-refractivity contribution is -0.151. The van der Waals surface area contributed by atoms with Crippen molar-refractivity contribution < 1.29 is 14.7 Å². The zero-order valence-electron chi connectivity index (χ0n) is 13.5. The van der Waals surface area contributed by atoms with Crippen molar-refractivity contribution in [2.75, 3.05) is 6.54 Å². The van der Waals surface area contributed by atoms with Crippen LogP contribution in [0.1, 0.15) is 56.9 Å². The molecule has 2 N–H and O–H groups in total. The average Bonchev–Trinajstić information content (AvgIpc) is 2.54. The van der Waals surface area contributed by atoms with Crippen LogP contribution in [0.5, 0.6) is 0 Å². The van der Waals surface area contributed by atoms with E-state index >= 15 is 0 Å². The summed E-state index contributed by atoms with van der Waals surface area (Å²) >= 11 is 0. The van der Waals surface area contributed by atoms with Gasteiger partial charge in [0.05, 0.1) is 10.8 Å². The first-order valence-corrected chi connectivity index (χ1v) is 8.66. The Kier molecular flexibility index (Phi) is 4.42. The molecule has 124 valence electrons. The van der Waals surface area contributed by atoms with Gasteiger partial charge in [-0.25, -0.2) is 0 Å². The maximum Gasteiger partial charge on any atom is 0.311 e. The average molecular weight is 315 g/mol. The molecule has 3 rings (SSSR count). The number of nitrogens with one attached hydrogen (secondary N) is 1. The van der Waals surface area contributed by atoms with Crippen LogP contribution in [-0.2, 0) is 15.0 Å². The zero-order valence-corrected chi connectivity index (χ0v) is 13.5. The lowest BCUT2D eigenvalue weighted by Crippen LogP contribution is -2.53. The zero-order chi connectivity index (χ0) is 16.3. The number of aliphatic carboxylic acids is 1.